The van der Waals surface area contributed by atoms with Crippen molar-refractivity contribution < 1.29 is 4.57 Å². The Kier molecular flexibility index (Phi) is 4.12. The molecule has 0 radical (unpaired) electrons. The number of anilines is 1. The summed E-state index contributed by atoms with van der Waals surface area (Å²) in [5.74, 6) is 0.759. The fourth-order valence-electron chi connectivity index (χ4n) is 3.45. The van der Waals surface area contributed by atoms with Gasteiger partial charge in [0.1, 0.15) is 5.82 Å². The van der Waals surface area contributed by atoms with E-state index in [1.165, 1.54) is 5.69 Å². The normalized spacial score (nSPS) is 17.1. The molecule has 0 amide bonds. The molecule has 1 saturated heterocycles. The highest BCUT2D eigenvalue weighted by molar-refractivity contribution is 7.64. The highest BCUT2D eigenvalue weighted by Crippen LogP contribution is 2.47. The van der Waals surface area contributed by atoms with E-state index in [4.69, 9.17) is 0 Å². The van der Waals surface area contributed by atoms with Crippen LogP contribution in [0.3, 0.4) is 0 Å². The van der Waals surface area contributed by atoms with Crippen molar-refractivity contribution in [2.75, 3.05) is 36.5 Å². The van der Waals surface area contributed by atoms with Crippen molar-refractivity contribution in [1.29, 1.82) is 0 Å². The van der Waals surface area contributed by atoms with Gasteiger partial charge >= 0.3 is 0 Å². The topological polar surface area (TPSA) is 50.5 Å². The molecule has 0 spiro atoms. The maximum Gasteiger partial charge on any atom is 0.146 e. The lowest BCUT2D eigenvalue weighted by molar-refractivity contribution is 0.569. The van der Waals surface area contributed by atoms with Gasteiger partial charge in [0.15, 0.2) is 0 Å². The molecule has 0 bridgehead atoms. The Labute approximate surface area is 148 Å². The fraction of sp³-hybridized carbons (Fsp3) is 0.368. The average Bonchev–Trinajstić information content (AvgIpc) is 3.05. The molecule has 3 heterocycles. The Balaban J connectivity index is 1.58. The van der Waals surface area contributed by atoms with Gasteiger partial charge in [0.2, 0.25) is 0 Å². The lowest BCUT2D eigenvalue weighted by Gasteiger charge is -2.33. The predicted octanol–water partition coefficient (Wildman–Crippen LogP) is 3.91. The van der Waals surface area contributed by atoms with Crippen LogP contribution in [0.2, 0.25) is 0 Å². The monoisotopic (exact) mass is 354 g/mol. The van der Waals surface area contributed by atoms with Gasteiger partial charge in [-0.2, -0.15) is 5.10 Å². The Morgan fingerprint density at radius 1 is 1.08 bits per heavy atom. The van der Waals surface area contributed by atoms with Crippen LogP contribution in [0.5, 0.6) is 0 Å². The van der Waals surface area contributed by atoms with Crippen LogP contribution in [0.4, 0.5) is 5.69 Å². The number of rotatable bonds is 3. The van der Waals surface area contributed by atoms with E-state index in [0.29, 0.717) is 0 Å². The van der Waals surface area contributed by atoms with Crippen molar-refractivity contribution in [3.63, 3.8) is 0 Å². The van der Waals surface area contributed by atoms with E-state index in [2.05, 4.69) is 52.2 Å². The fourth-order valence-corrected chi connectivity index (χ4v) is 5.52. The summed E-state index contributed by atoms with van der Waals surface area (Å²) < 4.78 is 14.4. The molecule has 4 rings (SSSR count). The Morgan fingerprint density at radius 2 is 1.80 bits per heavy atom. The molecule has 0 unspecified atom stereocenters. The first-order valence-corrected chi connectivity index (χ1v) is 11.1. The van der Waals surface area contributed by atoms with E-state index in [0.717, 1.165) is 54.2 Å². The molecule has 1 fully saturated rings. The number of nitrogens with zero attached hydrogens (tertiary/aromatic N) is 4. The van der Waals surface area contributed by atoms with Crippen LogP contribution < -0.4 is 4.90 Å². The molecule has 25 heavy (non-hydrogen) atoms. The van der Waals surface area contributed by atoms with Crippen molar-refractivity contribution >= 4 is 18.3 Å². The summed E-state index contributed by atoms with van der Waals surface area (Å²) in [6, 6.07) is 12.7. The molecule has 1 aliphatic heterocycles. The van der Waals surface area contributed by atoms with Gasteiger partial charge in [-0.3, -0.25) is 0 Å². The molecule has 1 aromatic carbocycles. The van der Waals surface area contributed by atoms with Gasteiger partial charge in [0.05, 0.1) is 24.5 Å². The molecule has 130 valence electrons. The first kappa shape index (κ1) is 16.3. The third-order valence-corrected chi connectivity index (χ3v) is 8.36. The second-order valence-corrected chi connectivity index (χ2v) is 10.4. The van der Waals surface area contributed by atoms with E-state index in [1.807, 2.05) is 23.7 Å². The van der Waals surface area contributed by atoms with Crippen molar-refractivity contribution in [1.82, 2.24) is 14.6 Å². The standard InChI is InChI=1S/C19H23N4OP/c1-3-25(24)12-10-22(11-13-25)17-6-4-16(5-7-17)19-9-8-18-14-20-15(2)21-23(18)19/h4-9,14H,3,10-13H2,1-2H3. The molecule has 0 aliphatic carbocycles. The van der Waals surface area contributed by atoms with E-state index < -0.39 is 7.14 Å². The van der Waals surface area contributed by atoms with Crippen molar-refractivity contribution in [3.8, 4) is 11.3 Å². The van der Waals surface area contributed by atoms with Gasteiger partial charge in [-0.1, -0.05) is 19.1 Å². The van der Waals surface area contributed by atoms with Gasteiger partial charge in [0.25, 0.3) is 0 Å². The van der Waals surface area contributed by atoms with Crippen LogP contribution >= 0.6 is 7.14 Å². The number of aromatic nitrogens is 3. The van der Waals surface area contributed by atoms with E-state index in [1.54, 1.807) is 0 Å². The zero-order chi connectivity index (χ0) is 17.4. The first-order chi connectivity index (χ1) is 12.1. The van der Waals surface area contributed by atoms with Crippen LogP contribution in [-0.4, -0.2) is 46.2 Å². The zero-order valence-electron chi connectivity index (χ0n) is 14.7. The summed E-state index contributed by atoms with van der Waals surface area (Å²) in [4.78, 5) is 6.59. The van der Waals surface area contributed by atoms with Crippen LogP contribution in [0.25, 0.3) is 16.8 Å². The minimum absolute atomic E-state index is 0.759. The quantitative estimate of drug-likeness (QED) is 0.669. The van der Waals surface area contributed by atoms with Gasteiger partial charge in [-0.15, -0.1) is 0 Å². The van der Waals surface area contributed by atoms with Gasteiger partial charge in [-0.05, 0) is 37.4 Å². The molecule has 2 aromatic heterocycles. The second kappa shape index (κ2) is 6.30. The van der Waals surface area contributed by atoms with Crippen LogP contribution in [0, 0.1) is 6.92 Å². The highest BCUT2D eigenvalue weighted by atomic mass is 31.2. The van der Waals surface area contributed by atoms with Gasteiger partial charge in [0, 0.05) is 36.7 Å². The van der Waals surface area contributed by atoms with Crippen LogP contribution in [0.1, 0.15) is 12.7 Å². The molecular weight excluding hydrogens is 331 g/mol. The average molecular weight is 354 g/mol. The summed E-state index contributed by atoms with van der Waals surface area (Å²) in [6.07, 6.45) is 4.36. The van der Waals surface area contributed by atoms with Crippen molar-refractivity contribution in [2.24, 2.45) is 0 Å². The molecule has 0 atom stereocenters. The molecular formula is C19H23N4OP. The summed E-state index contributed by atoms with van der Waals surface area (Å²) in [7, 11) is -1.89. The summed E-state index contributed by atoms with van der Waals surface area (Å²) in [5.41, 5.74) is 4.41. The van der Waals surface area contributed by atoms with Gasteiger partial charge < -0.3 is 9.46 Å². The third kappa shape index (κ3) is 3.09. The number of hydrogen-bond donors (Lipinski definition) is 0. The smallest absolute Gasteiger partial charge is 0.146 e. The molecule has 5 nitrogen and oxygen atoms in total. The summed E-state index contributed by atoms with van der Waals surface area (Å²) in [5, 5.41) is 4.51. The number of benzene rings is 1. The van der Waals surface area contributed by atoms with Crippen LogP contribution in [0.15, 0.2) is 42.6 Å². The number of fused-ring (bicyclic) bond motifs is 1. The molecule has 0 N–H and O–H groups in total. The Morgan fingerprint density at radius 3 is 2.48 bits per heavy atom. The molecule has 3 aromatic rings. The summed E-state index contributed by atoms with van der Waals surface area (Å²) >= 11 is 0. The maximum absolute atomic E-state index is 12.5. The number of hydrogen-bond acceptors (Lipinski definition) is 4. The van der Waals surface area contributed by atoms with Crippen molar-refractivity contribution in [3.05, 3.63) is 48.4 Å². The Hall–Kier alpha value is -2.13. The third-order valence-electron chi connectivity index (χ3n) is 5.17. The van der Waals surface area contributed by atoms with E-state index in [-0.39, 0.29) is 0 Å². The second-order valence-electron chi connectivity index (χ2n) is 6.72. The Bertz CT molecular complexity index is 936. The molecule has 0 saturated carbocycles. The lowest BCUT2D eigenvalue weighted by Crippen LogP contribution is -2.35. The van der Waals surface area contributed by atoms with E-state index in [9.17, 15) is 4.57 Å². The highest BCUT2D eigenvalue weighted by Gasteiger charge is 2.26. The first-order valence-electron chi connectivity index (χ1n) is 8.82. The minimum Gasteiger partial charge on any atom is -0.371 e. The van der Waals surface area contributed by atoms with E-state index >= 15 is 0 Å². The summed E-state index contributed by atoms with van der Waals surface area (Å²) in [6.45, 7) is 5.74. The molecule has 1 aliphatic rings. The van der Waals surface area contributed by atoms with Crippen molar-refractivity contribution in [2.45, 2.75) is 13.8 Å². The number of aryl methyl sites for hydroxylation is 1. The SMILES string of the molecule is CCP1(=O)CCN(c2ccc(-c3ccc4cnc(C)nn34)cc2)CC1. The van der Waals surface area contributed by atoms with Gasteiger partial charge in [-0.25, -0.2) is 9.50 Å². The largest absolute Gasteiger partial charge is 0.371 e. The maximum atomic E-state index is 12.5. The predicted molar refractivity (Wildman–Crippen MR) is 103 cm³/mol. The lowest BCUT2D eigenvalue weighted by atomic mass is 10.1. The minimum atomic E-state index is -1.89. The van der Waals surface area contributed by atoms with Crippen LogP contribution in [-0.2, 0) is 4.57 Å². The molecule has 6 heteroatoms. The zero-order valence-corrected chi connectivity index (χ0v) is 15.6.